The Labute approximate surface area is 121 Å². The number of rotatable bonds is 4. The van der Waals surface area contributed by atoms with E-state index in [1.807, 2.05) is 34.6 Å². The summed E-state index contributed by atoms with van der Waals surface area (Å²) in [5.74, 6) is 0.0833. The summed E-state index contributed by atoms with van der Waals surface area (Å²) >= 11 is 0. The Balaban J connectivity index is 2.42. The summed E-state index contributed by atoms with van der Waals surface area (Å²) < 4.78 is 11.0. The second kappa shape index (κ2) is 7.07. The van der Waals surface area contributed by atoms with E-state index >= 15 is 0 Å². The second-order valence-corrected chi connectivity index (χ2v) is 6.62. The van der Waals surface area contributed by atoms with Crippen LogP contribution in [0, 0.1) is 5.92 Å². The van der Waals surface area contributed by atoms with Crippen molar-refractivity contribution < 1.29 is 19.1 Å². The molecule has 0 aromatic rings. The van der Waals surface area contributed by atoms with E-state index in [2.05, 4.69) is 0 Å². The van der Waals surface area contributed by atoms with E-state index in [0.29, 0.717) is 13.1 Å². The molecule has 1 saturated heterocycles. The van der Waals surface area contributed by atoms with Gasteiger partial charge in [-0.2, -0.15) is 0 Å². The van der Waals surface area contributed by atoms with Crippen LogP contribution in [0.3, 0.4) is 0 Å². The summed E-state index contributed by atoms with van der Waals surface area (Å²) in [6, 6.07) is 0. The number of ether oxygens (including phenoxy) is 2. The molecule has 0 aliphatic carbocycles. The van der Waals surface area contributed by atoms with Crippen LogP contribution in [0.25, 0.3) is 0 Å². The van der Waals surface area contributed by atoms with E-state index < -0.39 is 5.60 Å². The molecule has 20 heavy (non-hydrogen) atoms. The zero-order chi connectivity index (χ0) is 15.3. The fraction of sp³-hybridized carbons (Fsp3) is 0.867. The monoisotopic (exact) mass is 285 g/mol. The van der Waals surface area contributed by atoms with Crippen LogP contribution in [-0.2, 0) is 14.3 Å². The number of likely N-dealkylation sites (tertiary alicyclic amines) is 1. The molecule has 1 heterocycles. The van der Waals surface area contributed by atoms with Crippen molar-refractivity contribution in [2.45, 2.75) is 59.2 Å². The highest BCUT2D eigenvalue weighted by atomic mass is 16.6. The topological polar surface area (TPSA) is 55.8 Å². The zero-order valence-electron chi connectivity index (χ0n) is 13.3. The van der Waals surface area contributed by atoms with Crippen LogP contribution in [0.2, 0.25) is 0 Å². The maximum Gasteiger partial charge on any atom is 0.410 e. The molecule has 5 heteroatoms. The lowest BCUT2D eigenvalue weighted by molar-refractivity contribution is -0.129. The Morgan fingerprint density at radius 3 is 2.50 bits per heavy atom. The minimum atomic E-state index is -0.488. The first kappa shape index (κ1) is 17.0. The van der Waals surface area contributed by atoms with Crippen molar-refractivity contribution >= 4 is 11.9 Å². The molecule has 1 rings (SSSR count). The van der Waals surface area contributed by atoms with Crippen molar-refractivity contribution in [2.24, 2.45) is 5.92 Å². The molecule has 1 fully saturated rings. The standard InChI is InChI=1S/C15H27NO4/c1-11(2)13(17)10-19-12-7-6-8-16(9-12)14(18)20-15(3,4)5/h11-12H,6-10H2,1-5H3/t12-/m0/s1. The minimum absolute atomic E-state index is 0.0134. The summed E-state index contributed by atoms with van der Waals surface area (Å²) in [7, 11) is 0. The first-order valence-corrected chi connectivity index (χ1v) is 7.31. The second-order valence-electron chi connectivity index (χ2n) is 6.62. The molecule has 1 atom stereocenters. The summed E-state index contributed by atoms with van der Waals surface area (Å²) in [6.07, 6.45) is 1.38. The third-order valence-electron chi connectivity index (χ3n) is 3.14. The largest absolute Gasteiger partial charge is 0.444 e. The van der Waals surface area contributed by atoms with Crippen LogP contribution in [-0.4, -0.2) is 48.2 Å². The molecule has 1 aliphatic heterocycles. The maximum atomic E-state index is 12.0. The van der Waals surface area contributed by atoms with Gasteiger partial charge < -0.3 is 14.4 Å². The van der Waals surface area contributed by atoms with Gasteiger partial charge in [-0.15, -0.1) is 0 Å². The first-order chi connectivity index (χ1) is 9.19. The molecule has 0 bridgehead atoms. The van der Waals surface area contributed by atoms with E-state index in [4.69, 9.17) is 9.47 Å². The molecule has 1 aliphatic rings. The van der Waals surface area contributed by atoms with E-state index in [9.17, 15) is 9.59 Å². The fourth-order valence-electron chi connectivity index (χ4n) is 1.93. The number of hydrogen-bond acceptors (Lipinski definition) is 4. The van der Waals surface area contributed by atoms with Gasteiger partial charge in [0.2, 0.25) is 0 Å². The number of ketones is 1. The van der Waals surface area contributed by atoms with Crippen LogP contribution in [0.1, 0.15) is 47.5 Å². The Kier molecular flexibility index (Phi) is 5.99. The lowest BCUT2D eigenvalue weighted by Crippen LogP contribution is -2.45. The summed E-state index contributed by atoms with van der Waals surface area (Å²) in [5, 5.41) is 0. The van der Waals surface area contributed by atoms with E-state index in [0.717, 1.165) is 12.8 Å². The van der Waals surface area contributed by atoms with Crippen molar-refractivity contribution in [1.82, 2.24) is 4.90 Å². The van der Waals surface area contributed by atoms with Gasteiger partial charge in [0.15, 0.2) is 5.78 Å². The van der Waals surface area contributed by atoms with E-state index in [-0.39, 0.29) is 30.5 Å². The molecule has 5 nitrogen and oxygen atoms in total. The third-order valence-corrected chi connectivity index (χ3v) is 3.14. The average molecular weight is 285 g/mol. The van der Waals surface area contributed by atoms with Crippen LogP contribution in [0.4, 0.5) is 4.79 Å². The number of carbonyl (C=O) groups excluding carboxylic acids is 2. The molecule has 0 N–H and O–H groups in total. The molecule has 0 unspecified atom stereocenters. The van der Waals surface area contributed by atoms with Gasteiger partial charge in [-0.3, -0.25) is 4.79 Å². The van der Waals surface area contributed by atoms with Gasteiger partial charge in [0.1, 0.15) is 12.2 Å². The van der Waals surface area contributed by atoms with Gasteiger partial charge in [0, 0.05) is 12.5 Å². The number of amides is 1. The molecule has 0 aromatic heterocycles. The average Bonchev–Trinajstić information content (AvgIpc) is 2.34. The van der Waals surface area contributed by atoms with Crippen LogP contribution < -0.4 is 0 Å². The lowest BCUT2D eigenvalue weighted by atomic mass is 10.1. The van der Waals surface area contributed by atoms with E-state index in [1.165, 1.54) is 0 Å². The Morgan fingerprint density at radius 2 is 1.95 bits per heavy atom. The van der Waals surface area contributed by atoms with Crippen LogP contribution >= 0.6 is 0 Å². The first-order valence-electron chi connectivity index (χ1n) is 7.31. The Morgan fingerprint density at radius 1 is 1.30 bits per heavy atom. The number of piperidine rings is 1. The van der Waals surface area contributed by atoms with Crippen molar-refractivity contribution in [1.29, 1.82) is 0 Å². The Hall–Kier alpha value is -1.10. The smallest absolute Gasteiger partial charge is 0.410 e. The number of hydrogen-bond donors (Lipinski definition) is 0. The minimum Gasteiger partial charge on any atom is -0.444 e. The summed E-state index contributed by atoms with van der Waals surface area (Å²) in [6.45, 7) is 10.6. The number of nitrogens with zero attached hydrogens (tertiary/aromatic N) is 1. The predicted molar refractivity (Wildman–Crippen MR) is 76.6 cm³/mol. The highest BCUT2D eigenvalue weighted by Crippen LogP contribution is 2.17. The maximum absolute atomic E-state index is 12.0. The Bertz CT molecular complexity index is 346. The van der Waals surface area contributed by atoms with Gasteiger partial charge in [0.05, 0.1) is 12.6 Å². The predicted octanol–water partition coefficient (Wildman–Crippen LogP) is 2.63. The molecule has 1 amide bonds. The van der Waals surface area contributed by atoms with Crippen molar-refractivity contribution in [3.63, 3.8) is 0 Å². The van der Waals surface area contributed by atoms with Crippen LogP contribution in [0.15, 0.2) is 0 Å². The number of carbonyl (C=O) groups is 2. The van der Waals surface area contributed by atoms with Gasteiger partial charge in [-0.05, 0) is 33.6 Å². The normalized spacial score (nSPS) is 20.1. The quantitative estimate of drug-likeness (QED) is 0.796. The van der Waals surface area contributed by atoms with Crippen molar-refractivity contribution in [3.8, 4) is 0 Å². The number of Topliss-reactive ketones (excluding diaryl/α,β-unsaturated/α-hetero) is 1. The molecule has 0 spiro atoms. The third kappa shape index (κ3) is 5.90. The van der Waals surface area contributed by atoms with Crippen molar-refractivity contribution in [3.05, 3.63) is 0 Å². The van der Waals surface area contributed by atoms with Gasteiger partial charge in [-0.1, -0.05) is 13.8 Å². The molecular formula is C15H27NO4. The van der Waals surface area contributed by atoms with Gasteiger partial charge in [0.25, 0.3) is 0 Å². The highest BCUT2D eigenvalue weighted by molar-refractivity contribution is 5.81. The fourth-order valence-corrected chi connectivity index (χ4v) is 1.93. The zero-order valence-corrected chi connectivity index (χ0v) is 13.3. The van der Waals surface area contributed by atoms with Gasteiger partial charge >= 0.3 is 6.09 Å². The lowest BCUT2D eigenvalue weighted by Gasteiger charge is -2.34. The van der Waals surface area contributed by atoms with Gasteiger partial charge in [-0.25, -0.2) is 4.79 Å². The molecule has 0 saturated carbocycles. The van der Waals surface area contributed by atoms with Crippen LogP contribution in [0.5, 0.6) is 0 Å². The highest BCUT2D eigenvalue weighted by Gasteiger charge is 2.28. The summed E-state index contributed by atoms with van der Waals surface area (Å²) in [5.41, 5.74) is -0.488. The SMILES string of the molecule is CC(C)C(=O)CO[C@H]1CCCN(C(=O)OC(C)(C)C)C1. The van der Waals surface area contributed by atoms with Crippen molar-refractivity contribution in [2.75, 3.05) is 19.7 Å². The molecular weight excluding hydrogens is 258 g/mol. The molecule has 116 valence electrons. The van der Waals surface area contributed by atoms with E-state index in [1.54, 1.807) is 4.90 Å². The summed E-state index contributed by atoms with van der Waals surface area (Å²) in [4.78, 5) is 25.2. The molecule has 0 radical (unpaired) electrons. The molecule has 0 aromatic carbocycles.